The molecule has 4 heteroatoms. The molecule has 0 aromatic heterocycles. The Balaban J connectivity index is 2.99. The molecule has 0 aromatic carbocycles. The van der Waals surface area contributed by atoms with Crippen LogP contribution in [0.1, 0.15) is 12.8 Å². The van der Waals surface area contributed by atoms with Gasteiger partial charge in [0.1, 0.15) is 6.07 Å². The van der Waals surface area contributed by atoms with E-state index in [0.717, 1.165) is 0 Å². The number of nitrogens with zero attached hydrogens (tertiary/aromatic N) is 1. The molecule has 80 valence electrons. The molecular weight excluding hydrogens is 206 g/mol. The maximum Gasteiger partial charge on any atom is 0.303 e. The fourth-order valence-electron chi connectivity index (χ4n) is 1.41. The number of carboxylic acids is 1. The van der Waals surface area contributed by atoms with Gasteiger partial charge in [-0.25, -0.2) is 0 Å². The molecule has 0 aromatic rings. The number of carbonyl (C=O) groups excluding carboxylic acids is 1. The zero-order valence-corrected chi connectivity index (χ0v) is 8.43. The first-order chi connectivity index (χ1) is 7.53. The maximum atomic E-state index is 11.2. The fourth-order valence-corrected chi connectivity index (χ4v) is 1.41. The molecule has 1 aliphatic rings. The van der Waals surface area contributed by atoms with Gasteiger partial charge in [-0.05, 0) is 18.6 Å². The van der Waals surface area contributed by atoms with Crippen LogP contribution in [-0.4, -0.2) is 16.9 Å². The van der Waals surface area contributed by atoms with Crippen molar-refractivity contribution in [1.29, 1.82) is 5.26 Å². The lowest BCUT2D eigenvalue weighted by Crippen LogP contribution is -2.20. The number of rotatable bonds is 3. The van der Waals surface area contributed by atoms with Gasteiger partial charge in [-0.2, -0.15) is 5.26 Å². The Morgan fingerprint density at radius 3 is 2.81 bits per heavy atom. The van der Waals surface area contributed by atoms with Gasteiger partial charge < -0.3 is 5.11 Å². The van der Waals surface area contributed by atoms with Crippen LogP contribution in [0, 0.1) is 29.1 Å². The van der Waals surface area contributed by atoms with Crippen molar-refractivity contribution in [2.45, 2.75) is 12.8 Å². The van der Waals surface area contributed by atoms with E-state index >= 15 is 0 Å². The van der Waals surface area contributed by atoms with Gasteiger partial charge in [0.2, 0.25) is 0 Å². The molecule has 0 amide bonds. The molecule has 0 saturated heterocycles. The van der Waals surface area contributed by atoms with Crippen molar-refractivity contribution in [3.63, 3.8) is 0 Å². The second-order valence-corrected chi connectivity index (χ2v) is 3.45. The Kier molecular flexibility index (Phi) is 3.27. The van der Waals surface area contributed by atoms with E-state index in [9.17, 15) is 9.59 Å². The van der Waals surface area contributed by atoms with Crippen molar-refractivity contribution in [3.05, 3.63) is 23.8 Å². The fraction of sp³-hybridized carbons (Fsp3) is 0.250. The summed E-state index contributed by atoms with van der Waals surface area (Å²) in [7, 11) is 0. The Bertz CT molecular complexity index is 473. The van der Waals surface area contributed by atoms with E-state index < -0.39 is 17.2 Å². The van der Waals surface area contributed by atoms with Crippen LogP contribution >= 0.6 is 0 Å². The molecular formula is C12H9NO3. The monoisotopic (exact) mass is 215 g/mol. The van der Waals surface area contributed by atoms with Crippen molar-refractivity contribution in [3.8, 4) is 18.4 Å². The average molecular weight is 215 g/mol. The zero-order valence-electron chi connectivity index (χ0n) is 8.43. The quantitative estimate of drug-likeness (QED) is 0.714. The summed E-state index contributed by atoms with van der Waals surface area (Å²) in [6, 6.07) is 1.75. The van der Waals surface area contributed by atoms with Crippen LogP contribution in [-0.2, 0) is 9.59 Å². The van der Waals surface area contributed by atoms with Gasteiger partial charge in [-0.3, -0.25) is 9.59 Å². The highest BCUT2D eigenvalue weighted by molar-refractivity contribution is 6.08. The van der Waals surface area contributed by atoms with Crippen LogP contribution in [0.5, 0.6) is 0 Å². The van der Waals surface area contributed by atoms with Crippen LogP contribution in [0.2, 0.25) is 0 Å². The summed E-state index contributed by atoms with van der Waals surface area (Å²) in [6.45, 7) is 0. The molecule has 0 fully saturated rings. The molecule has 1 unspecified atom stereocenters. The van der Waals surface area contributed by atoms with Gasteiger partial charge in [0.15, 0.2) is 5.78 Å². The minimum atomic E-state index is -0.966. The summed E-state index contributed by atoms with van der Waals surface area (Å²) in [4.78, 5) is 21.7. The smallest absolute Gasteiger partial charge is 0.303 e. The molecule has 0 spiro atoms. The molecule has 0 bridgehead atoms. The third-order valence-corrected chi connectivity index (χ3v) is 2.34. The normalized spacial score (nSPS) is 23.1. The Morgan fingerprint density at radius 1 is 1.62 bits per heavy atom. The number of hydrogen-bond donors (Lipinski definition) is 1. The van der Waals surface area contributed by atoms with E-state index in [1.165, 1.54) is 18.2 Å². The van der Waals surface area contributed by atoms with E-state index in [2.05, 4.69) is 5.92 Å². The predicted molar refractivity (Wildman–Crippen MR) is 56.0 cm³/mol. The average Bonchev–Trinajstić information content (AvgIpc) is 2.28. The van der Waals surface area contributed by atoms with Crippen LogP contribution < -0.4 is 0 Å². The van der Waals surface area contributed by atoms with Crippen LogP contribution in [0.25, 0.3) is 0 Å². The van der Waals surface area contributed by atoms with E-state index in [4.69, 9.17) is 16.8 Å². The first-order valence-electron chi connectivity index (χ1n) is 4.59. The highest BCUT2D eigenvalue weighted by atomic mass is 16.4. The van der Waals surface area contributed by atoms with Gasteiger partial charge in [-0.15, -0.1) is 6.42 Å². The molecule has 16 heavy (non-hydrogen) atoms. The van der Waals surface area contributed by atoms with Crippen molar-refractivity contribution < 1.29 is 14.7 Å². The molecule has 0 heterocycles. The Labute approximate surface area is 92.9 Å². The third kappa shape index (κ3) is 2.37. The maximum absolute atomic E-state index is 11.2. The third-order valence-electron chi connectivity index (χ3n) is 2.34. The van der Waals surface area contributed by atoms with E-state index in [1.807, 2.05) is 0 Å². The summed E-state index contributed by atoms with van der Waals surface area (Å²) in [5.74, 6) is 1.06. The molecule has 0 radical (unpaired) electrons. The number of ketones is 1. The van der Waals surface area contributed by atoms with Gasteiger partial charge >= 0.3 is 5.97 Å². The lowest BCUT2D eigenvalue weighted by molar-refractivity contribution is -0.137. The number of carboxylic acid groups (broad SMARTS) is 1. The summed E-state index contributed by atoms with van der Waals surface area (Å²) < 4.78 is 0. The van der Waals surface area contributed by atoms with Crippen LogP contribution in [0.4, 0.5) is 0 Å². The SMILES string of the molecule is C#CC1(CCC(=O)O)C=CC(=O)C(C#N)=C1. The molecule has 1 atom stereocenters. The summed E-state index contributed by atoms with van der Waals surface area (Å²) in [6.07, 6.45) is 9.44. The Hall–Kier alpha value is -2.33. The van der Waals surface area contributed by atoms with Crippen molar-refractivity contribution in [2.24, 2.45) is 5.41 Å². The van der Waals surface area contributed by atoms with E-state index in [-0.39, 0.29) is 18.4 Å². The minimum absolute atomic E-state index is 0.0363. The lowest BCUT2D eigenvalue weighted by atomic mass is 9.78. The lowest BCUT2D eigenvalue weighted by Gasteiger charge is -2.22. The first kappa shape index (κ1) is 11.7. The predicted octanol–water partition coefficient (Wildman–Crippen LogP) is 1.06. The molecule has 4 nitrogen and oxygen atoms in total. The summed E-state index contributed by atoms with van der Waals surface area (Å²) in [5, 5.41) is 17.3. The van der Waals surface area contributed by atoms with Gasteiger partial charge in [-0.1, -0.05) is 12.0 Å². The number of nitriles is 1. The minimum Gasteiger partial charge on any atom is -0.481 e. The van der Waals surface area contributed by atoms with Crippen molar-refractivity contribution in [2.75, 3.05) is 0 Å². The van der Waals surface area contributed by atoms with Gasteiger partial charge in [0.25, 0.3) is 0 Å². The molecule has 1 aliphatic carbocycles. The van der Waals surface area contributed by atoms with Crippen LogP contribution in [0.3, 0.4) is 0 Å². The van der Waals surface area contributed by atoms with E-state index in [1.54, 1.807) is 6.07 Å². The van der Waals surface area contributed by atoms with E-state index in [0.29, 0.717) is 0 Å². The second kappa shape index (κ2) is 4.46. The topological polar surface area (TPSA) is 78.2 Å². The Morgan fingerprint density at radius 2 is 2.31 bits per heavy atom. The number of aliphatic carboxylic acids is 1. The number of allylic oxidation sites excluding steroid dienone is 4. The first-order valence-corrected chi connectivity index (χ1v) is 4.59. The molecule has 0 saturated carbocycles. The molecule has 0 aliphatic heterocycles. The van der Waals surface area contributed by atoms with Crippen molar-refractivity contribution >= 4 is 11.8 Å². The highest BCUT2D eigenvalue weighted by Gasteiger charge is 2.28. The molecule has 1 rings (SSSR count). The van der Waals surface area contributed by atoms with Gasteiger partial charge in [0, 0.05) is 6.42 Å². The number of terminal acetylenes is 1. The largest absolute Gasteiger partial charge is 0.481 e. The number of hydrogen-bond acceptors (Lipinski definition) is 3. The second-order valence-electron chi connectivity index (χ2n) is 3.45. The zero-order chi connectivity index (χ0) is 12.2. The summed E-state index contributed by atoms with van der Waals surface area (Å²) >= 11 is 0. The highest BCUT2D eigenvalue weighted by Crippen LogP contribution is 2.31. The van der Waals surface area contributed by atoms with Crippen molar-refractivity contribution in [1.82, 2.24) is 0 Å². The summed E-state index contributed by atoms with van der Waals surface area (Å²) in [5.41, 5.74) is -0.969. The number of carbonyl (C=O) groups is 2. The van der Waals surface area contributed by atoms with Gasteiger partial charge in [0.05, 0.1) is 11.0 Å². The standard InChI is InChI=1S/C12H9NO3/c1-2-12(6-4-11(15)16)5-3-10(14)9(7-12)8-13/h1,3,5,7H,4,6H2,(H,15,16). The van der Waals surface area contributed by atoms with Crippen LogP contribution in [0.15, 0.2) is 23.8 Å². The molecule has 1 N–H and O–H groups in total.